The molecule has 0 unspecified atom stereocenters. The number of aryl methyl sites for hydroxylation is 2. The molecule has 2 aromatic rings. The van der Waals surface area contributed by atoms with E-state index in [2.05, 4.69) is 32.1 Å². The van der Waals surface area contributed by atoms with Crippen LogP contribution in [0.25, 0.3) is 0 Å². The van der Waals surface area contributed by atoms with Crippen LogP contribution in [0.3, 0.4) is 0 Å². The highest BCUT2D eigenvalue weighted by Gasteiger charge is 2.24. The Morgan fingerprint density at radius 3 is 2.78 bits per heavy atom. The number of pyridine rings is 1. The van der Waals surface area contributed by atoms with Gasteiger partial charge in [0.05, 0.1) is 18.0 Å². The van der Waals surface area contributed by atoms with Gasteiger partial charge in [-0.2, -0.15) is 0 Å². The molecule has 0 saturated carbocycles. The van der Waals surface area contributed by atoms with E-state index in [1.54, 1.807) is 0 Å². The molecule has 0 aromatic carbocycles. The van der Waals surface area contributed by atoms with Gasteiger partial charge in [-0.05, 0) is 26.0 Å². The molecule has 1 saturated heterocycles. The average molecular weight is 316 g/mol. The topological polar surface area (TPSA) is 54.6 Å². The van der Waals surface area contributed by atoms with Gasteiger partial charge in [0.15, 0.2) is 0 Å². The monoisotopic (exact) mass is 316 g/mol. The van der Waals surface area contributed by atoms with Crippen molar-refractivity contribution in [1.82, 2.24) is 15.0 Å². The summed E-state index contributed by atoms with van der Waals surface area (Å²) in [7, 11) is 4.08. The average Bonchev–Trinajstić information content (AvgIpc) is 2.92. The highest BCUT2D eigenvalue weighted by Crippen LogP contribution is 2.25. The van der Waals surface area contributed by atoms with Gasteiger partial charge in [-0.25, -0.2) is 0 Å². The zero-order valence-electron chi connectivity index (χ0n) is 14.2. The smallest absolute Gasteiger partial charge is 0.133 e. The van der Waals surface area contributed by atoms with Gasteiger partial charge in [0.2, 0.25) is 0 Å². The second-order valence-electron chi connectivity index (χ2n) is 6.31. The molecule has 3 heterocycles. The van der Waals surface area contributed by atoms with Gasteiger partial charge in [0.25, 0.3) is 0 Å². The molecule has 3 rings (SSSR count). The van der Waals surface area contributed by atoms with E-state index < -0.39 is 0 Å². The van der Waals surface area contributed by atoms with Crippen LogP contribution in [0.5, 0.6) is 0 Å². The van der Waals surface area contributed by atoms with Crippen LogP contribution in [-0.4, -0.2) is 48.8 Å². The second kappa shape index (κ2) is 6.68. The number of hydrogen-bond acceptors (Lipinski definition) is 6. The molecule has 0 N–H and O–H groups in total. The number of anilines is 1. The first-order valence-corrected chi connectivity index (χ1v) is 7.93. The zero-order chi connectivity index (χ0) is 16.4. The molecule has 6 nitrogen and oxygen atoms in total. The normalized spacial score (nSPS) is 19.0. The summed E-state index contributed by atoms with van der Waals surface area (Å²) in [5.41, 5.74) is 4.13. The fourth-order valence-corrected chi connectivity index (χ4v) is 2.85. The molecule has 0 radical (unpaired) electrons. The minimum atomic E-state index is -0.00431. The summed E-state index contributed by atoms with van der Waals surface area (Å²) in [5.74, 6) is 0.848. The molecule has 1 atom stereocenters. The predicted octanol–water partition coefficient (Wildman–Crippen LogP) is 2.33. The van der Waals surface area contributed by atoms with Crippen LogP contribution in [-0.2, 0) is 11.3 Å². The first-order chi connectivity index (χ1) is 11.0. The Morgan fingerprint density at radius 1 is 1.26 bits per heavy atom. The summed E-state index contributed by atoms with van der Waals surface area (Å²) in [6.45, 7) is 7.13. The first-order valence-electron chi connectivity index (χ1n) is 7.93. The summed E-state index contributed by atoms with van der Waals surface area (Å²) < 4.78 is 11.1. The lowest BCUT2D eigenvalue weighted by Gasteiger charge is -2.32. The van der Waals surface area contributed by atoms with Crippen LogP contribution in [0.4, 0.5) is 5.69 Å². The van der Waals surface area contributed by atoms with Crippen LogP contribution >= 0.6 is 0 Å². The Hall–Kier alpha value is -1.92. The van der Waals surface area contributed by atoms with Crippen molar-refractivity contribution in [2.45, 2.75) is 26.5 Å². The maximum Gasteiger partial charge on any atom is 0.133 e. The van der Waals surface area contributed by atoms with Gasteiger partial charge in [0.1, 0.15) is 11.9 Å². The molecule has 6 heteroatoms. The van der Waals surface area contributed by atoms with E-state index in [-0.39, 0.29) is 6.10 Å². The Bertz CT molecular complexity index is 668. The van der Waals surface area contributed by atoms with E-state index in [0.29, 0.717) is 6.61 Å². The molecule has 0 aliphatic carbocycles. The van der Waals surface area contributed by atoms with Crippen LogP contribution in [0.1, 0.15) is 28.9 Å². The minimum Gasteiger partial charge on any atom is -0.378 e. The van der Waals surface area contributed by atoms with Gasteiger partial charge in [-0.1, -0.05) is 5.16 Å². The Morgan fingerprint density at radius 2 is 2.09 bits per heavy atom. The summed E-state index contributed by atoms with van der Waals surface area (Å²) in [4.78, 5) is 9.11. The number of aromatic nitrogens is 2. The third kappa shape index (κ3) is 3.89. The van der Waals surface area contributed by atoms with E-state index in [4.69, 9.17) is 9.26 Å². The van der Waals surface area contributed by atoms with Crippen LogP contribution < -0.4 is 4.90 Å². The van der Waals surface area contributed by atoms with Crippen molar-refractivity contribution < 1.29 is 9.26 Å². The molecule has 0 spiro atoms. The SMILES string of the molecule is Cc1cc(N(C)C)cc([C@H]2CN(Cc3cc(C)on3)CCO2)n1. The first kappa shape index (κ1) is 16.0. The largest absolute Gasteiger partial charge is 0.378 e. The van der Waals surface area contributed by atoms with Gasteiger partial charge in [0, 0.05) is 51.2 Å². The van der Waals surface area contributed by atoms with Crippen molar-refractivity contribution in [2.24, 2.45) is 0 Å². The van der Waals surface area contributed by atoms with Crippen molar-refractivity contribution >= 4 is 5.69 Å². The standard InChI is InChI=1S/C17H24N4O2/c1-12-7-15(20(3)4)9-16(18-12)17-11-21(5-6-22-17)10-14-8-13(2)23-19-14/h7-9,17H,5-6,10-11H2,1-4H3/t17-/m1/s1. The Kier molecular flexibility index (Phi) is 4.63. The molecule has 0 amide bonds. The van der Waals surface area contributed by atoms with Gasteiger partial charge < -0.3 is 14.2 Å². The lowest BCUT2D eigenvalue weighted by Crippen LogP contribution is -2.38. The Labute approximate surface area is 137 Å². The van der Waals surface area contributed by atoms with Crippen LogP contribution in [0, 0.1) is 13.8 Å². The highest BCUT2D eigenvalue weighted by molar-refractivity contribution is 5.47. The van der Waals surface area contributed by atoms with E-state index in [0.717, 1.165) is 48.2 Å². The van der Waals surface area contributed by atoms with Crippen molar-refractivity contribution in [3.8, 4) is 0 Å². The molecule has 1 aliphatic rings. The van der Waals surface area contributed by atoms with Crippen molar-refractivity contribution in [3.63, 3.8) is 0 Å². The zero-order valence-corrected chi connectivity index (χ0v) is 14.2. The molecular weight excluding hydrogens is 292 g/mol. The minimum absolute atomic E-state index is 0.00431. The Balaban J connectivity index is 1.73. The maximum atomic E-state index is 5.96. The molecule has 1 aliphatic heterocycles. The van der Waals surface area contributed by atoms with Crippen molar-refractivity contribution in [3.05, 3.63) is 41.0 Å². The fraction of sp³-hybridized carbons (Fsp3) is 0.529. The third-order valence-corrected chi connectivity index (χ3v) is 4.02. The molecule has 124 valence electrons. The number of ether oxygens (including phenoxy) is 1. The van der Waals surface area contributed by atoms with E-state index in [9.17, 15) is 0 Å². The summed E-state index contributed by atoms with van der Waals surface area (Å²) in [5, 5.41) is 4.08. The van der Waals surface area contributed by atoms with Crippen molar-refractivity contribution in [1.29, 1.82) is 0 Å². The van der Waals surface area contributed by atoms with Crippen molar-refractivity contribution in [2.75, 3.05) is 38.7 Å². The molecule has 0 bridgehead atoms. The third-order valence-electron chi connectivity index (χ3n) is 4.02. The summed E-state index contributed by atoms with van der Waals surface area (Å²) in [6.07, 6.45) is -0.00431. The van der Waals surface area contributed by atoms with Crippen LogP contribution in [0.15, 0.2) is 22.7 Å². The lowest BCUT2D eigenvalue weighted by atomic mass is 10.1. The number of nitrogens with zero attached hydrogens (tertiary/aromatic N) is 4. The van der Waals surface area contributed by atoms with E-state index in [1.165, 1.54) is 0 Å². The van der Waals surface area contributed by atoms with Gasteiger partial charge >= 0.3 is 0 Å². The van der Waals surface area contributed by atoms with E-state index >= 15 is 0 Å². The second-order valence-corrected chi connectivity index (χ2v) is 6.31. The number of morpholine rings is 1. The molecule has 1 fully saturated rings. The van der Waals surface area contributed by atoms with Crippen LogP contribution in [0.2, 0.25) is 0 Å². The van der Waals surface area contributed by atoms with Gasteiger partial charge in [-0.15, -0.1) is 0 Å². The quantitative estimate of drug-likeness (QED) is 0.863. The molecule has 23 heavy (non-hydrogen) atoms. The molecular formula is C17H24N4O2. The summed E-state index contributed by atoms with van der Waals surface area (Å²) >= 11 is 0. The molecule has 2 aromatic heterocycles. The van der Waals surface area contributed by atoms with Gasteiger partial charge in [-0.3, -0.25) is 9.88 Å². The lowest BCUT2D eigenvalue weighted by molar-refractivity contribution is -0.0355. The number of rotatable bonds is 4. The summed E-state index contributed by atoms with van der Waals surface area (Å²) in [6, 6.07) is 6.18. The predicted molar refractivity (Wildman–Crippen MR) is 88.5 cm³/mol. The maximum absolute atomic E-state index is 5.96. The number of hydrogen-bond donors (Lipinski definition) is 0. The van der Waals surface area contributed by atoms with E-state index in [1.807, 2.05) is 34.0 Å². The highest BCUT2D eigenvalue weighted by atomic mass is 16.5. The fourth-order valence-electron chi connectivity index (χ4n) is 2.85.